The third kappa shape index (κ3) is 3.64. The number of carboxylic acid groups (broad SMARTS) is 2. The van der Waals surface area contributed by atoms with Crippen molar-refractivity contribution in [3.8, 4) is 0 Å². The quantitative estimate of drug-likeness (QED) is 0.504. The van der Waals surface area contributed by atoms with Gasteiger partial charge in [0.25, 0.3) is 0 Å². The van der Waals surface area contributed by atoms with Crippen LogP contribution < -0.4 is 0 Å². The number of carbonyl (C=O) groups excluding carboxylic acids is 1. The molecule has 3 rings (SSSR count). The van der Waals surface area contributed by atoms with Crippen LogP contribution in [0, 0.1) is 5.92 Å². The van der Waals surface area contributed by atoms with Crippen LogP contribution >= 0.6 is 11.6 Å². The molecular weight excluding hydrogens is 408 g/mol. The van der Waals surface area contributed by atoms with E-state index < -0.39 is 36.1 Å². The van der Waals surface area contributed by atoms with E-state index in [1.54, 1.807) is 12.2 Å². The van der Waals surface area contributed by atoms with Crippen molar-refractivity contribution in [3.05, 3.63) is 22.8 Å². The lowest BCUT2D eigenvalue weighted by atomic mass is 9.80. The van der Waals surface area contributed by atoms with E-state index in [0.29, 0.717) is 16.9 Å². The first-order chi connectivity index (χ1) is 13.7. The average molecular weight is 429 g/mol. The molecule has 2 N–H and O–H groups in total. The molecule has 0 aromatic heterocycles. The van der Waals surface area contributed by atoms with Crippen molar-refractivity contribution in [2.24, 2.45) is 11.1 Å². The zero-order chi connectivity index (χ0) is 21.3. The van der Waals surface area contributed by atoms with Gasteiger partial charge in [-0.25, -0.2) is 14.4 Å². The second-order valence-corrected chi connectivity index (χ2v) is 7.45. The van der Waals surface area contributed by atoms with Crippen molar-refractivity contribution in [3.63, 3.8) is 0 Å². The van der Waals surface area contributed by atoms with E-state index in [9.17, 15) is 24.6 Å². The zero-order valence-corrected chi connectivity index (χ0v) is 16.6. The van der Waals surface area contributed by atoms with Crippen LogP contribution in [0.4, 0.5) is 9.59 Å². The van der Waals surface area contributed by atoms with Gasteiger partial charge in [-0.05, 0) is 12.3 Å². The monoisotopic (exact) mass is 428 g/mol. The standard InChI is InChI=1S/C18H21ClN2O8/c1-3-4-5-27-17(26)28-18-8-12(14(22)23)21(16(24)25)15(18)29-20-13-10(18)6-9(2)7-11(13)19/h6-7,9,12,15H,3-5,8H2,1-2H3,(H,22,23)(H,24,25)/t9?,12-,15+,18+/m0/s1. The summed E-state index contributed by atoms with van der Waals surface area (Å²) in [4.78, 5) is 41.9. The fraction of sp³-hybridized carbons (Fsp3) is 0.556. The van der Waals surface area contributed by atoms with E-state index in [0.717, 1.165) is 6.42 Å². The highest BCUT2D eigenvalue weighted by Gasteiger charge is 2.66. The maximum atomic E-state index is 12.4. The summed E-state index contributed by atoms with van der Waals surface area (Å²) < 4.78 is 10.7. The largest absolute Gasteiger partial charge is 0.509 e. The van der Waals surface area contributed by atoms with Crippen LogP contribution in [0.5, 0.6) is 0 Å². The molecule has 0 saturated carbocycles. The van der Waals surface area contributed by atoms with Gasteiger partial charge in [-0.1, -0.05) is 49.2 Å². The number of halogens is 1. The molecule has 2 aliphatic heterocycles. The Morgan fingerprint density at radius 3 is 2.72 bits per heavy atom. The van der Waals surface area contributed by atoms with Gasteiger partial charge >= 0.3 is 18.2 Å². The lowest BCUT2D eigenvalue weighted by Crippen LogP contribution is -2.56. The fourth-order valence-electron chi connectivity index (χ4n) is 3.68. The molecule has 1 amide bonds. The number of unbranched alkanes of at least 4 members (excludes halogenated alkanes) is 1. The Kier molecular flexibility index (Phi) is 5.74. The van der Waals surface area contributed by atoms with Crippen molar-refractivity contribution in [1.29, 1.82) is 0 Å². The summed E-state index contributed by atoms with van der Waals surface area (Å²) in [7, 11) is 0. The number of aliphatic carboxylic acids is 1. The highest BCUT2D eigenvalue weighted by Crippen LogP contribution is 2.48. The van der Waals surface area contributed by atoms with Crippen molar-refractivity contribution in [2.45, 2.75) is 51.0 Å². The van der Waals surface area contributed by atoms with Gasteiger partial charge in [0.15, 0.2) is 0 Å². The fourth-order valence-corrected chi connectivity index (χ4v) is 4.02. The number of allylic oxidation sites excluding steroid dienone is 3. The van der Waals surface area contributed by atoms with Gasteiger partial charge < -0.3 is 24.5 Å². The van der Waals surface area contributed by atoms with Gasteiger partial charge in [-0.3, -0.25) is 4.90 Å². The van der Waals surface area contributed by atoms with Gasteiger partial charge in [-0.15, -0.1) is 0 Å². The summed E-state index contributed by atoms with van der Waals surface area (Å²) in [5.74, 6) is -1.59. The number of hydrogen-bond acceptors (Lipinski definition) is 7. The number of fused-ring (bicyclic) bond motifs is 3. The average Bonchev–Trinajstić information content (AvgIpc) is 2.97. The van der Waals surface area contributed by atoms with Crippen LogP contribution in [-0.4, -0.2) is 63.5 Å². The minimum absolute atomic E-state index is 0.110. The van der Waals surface area contributed by atoms with Crippen LogP contribution in [-0.2, 0) is 19.1 Å². The number of oxime groups is 1. The number of hydrogen-bond donors (Lipinski definition) is 2. The first-order valence-corrected chi connectivity index (χ1v) is 9.53. The molecule has 0 aromatic rings. The summed E-state index contributed by atoms with van der Waals surface area (Å²) in [6.45, 7) is 3.85. The maximum absolute atomic E-state index is 12.4. The highest BCUT2D eigenvalue weighted by atomic mass is 35.5. The molecule has 1 aliphatic carbocycles. The van der Waals surface area contributed by atoms with Crippen molar-refractivity contribution in [2.75, 3.05) is 6.61 Å². The molecule has 0 spiro atoms. The summed E-state index contributed by atoms with van der Waals surface area (Å²) in [6, 6.07) is -1.52. The van der Waals surface area contributed by atoms with E-state index in [2.05, 4.69) is 5.16 Å². The summed E-state index contributed by atoms with van der Waals surface area (Å²) in [6.07, 6.45) is 0.332. The lowest BCUT2D eigenvalue weighted by Gasteiger charge is -2.40. The molecule has 0 aromatic carbocycles. The minimum Gasteiger partial charge on any atom is -0.480 e. The molecule has 2 heterocycles. The molecule has 1 saturated heterocycles. The lowest BCUT2D eigenvalue weighted by molar-refractivity contribution is -0.149. The van der Waals surface area contributed by atoms with E-state index in [1.165, 1.54) is 0 Å². The van der Waals surface area contributed by atoms with Gasteiger partial charge in [0.1, 0.15) is 11.8 Å². The number of amides is 1. The van der Waals surface area contributed by atoms with E-state index in [4.69, 9.17) is 25.9 Å². The zero-order valence-electron chi connectivity index (χ0n) is 15.8. The Bertz CT molecular complexity index is 823. The van der Waals surface area contributed by atoms with Crippen molar-refractivity contribution in [1.82, 2.24) is 4.90 Å². The van der Waals surface area contributed by atoms with Crippen LogP contribution in [0.2, 0.25) is 0 Å². The van der Waals surface area contributed by atoms with Gasteiger partial charge in [0.05, 0.1) is 11.6 Å². The predicted molar refractivity (Wildman–Crippen MR) is 99.5 cm³/mol. The normalized spacial score (nSPS) is 30.1. The maximum Gasteiger partial charge on any atom is 0.509 e. The summed E-state index contributed by atoms with van der Waals surface area (Å²) in [5, 5.41) is 23.3. The molecular formula is C18H21ClN2O8. The summed E-state index contributed by atoms with van der Waals surface area (Å²) >= 11 is 6.27. The minimum atomic E-state index is -1.76. The van der Waals surface area contributed by atoms with Crippen molar-refractivity contribution >= 4 is 35.5 Å². The van der Waals surface area contributed by atoms with Gasteiger partial charge in [0.2, 0.25) is 11.8 Å². The van der Waals surface area contributed by atoms with Crippen LogP contribution in [0.1, 0.15) is 33.1 Å². The molecule has 3 aliphatic rings. The molecule has 0 bridgehead atoms. The van der Waals surface area contributed by atoms with Crippen LogP contribution in [0.15, 0.2) is 27.9 Å². The number of rotatable bonds is 5. The molecule has 0 radical (unpaired) electrons. The molecule has 1 fully saturated rings. The Hall–Kier alpha value is -2.75. The first kappa shape index (κ1) is 21.0. The van der Waals surface area contributed by atoms with E-state index in [1.807, 2.05) is 13.8 Å². The molecule has 158 valence electrons. The number of ether oxygens (including phenoxy) is 2. The van der Waals surface area contributed by atoms with Crippen molar-refractivity contribution < 1.29 is 38.9 Å². The number of nitrogens with zero attached hydrogens (tertiary/aromatic N) is 2. The molecule has 10 nitrogen and oxygen atoms in total. The third-order valence-electron chi connectivity index (χ3n) is 4.99. The Morgan fingerprint density at radius 2 is 2.10 bits per heavy atom. The van der Waals surface area contributed by atoms with Crippen LogP contribution in [0.25, 0.3) is 0 Å². The number of carboxylic acids is 1. The second-order valence-electron chi connectivity index (χ2n) is 7.04. The number of likely N-dealkylation sites (tertiary alicyclic amines) is 1. The number of carbonyl (C=O) groups is 3. The van der Waals surface area contributed by atoms with Crippen LogP contribution in [0.3, 0.4) is 0 Å². The molecule has 11 heteroatoms. The molecule has 29 heavy (non-hydrogen) atoms. The SMILES string of the molecule is CCCCOC(=O)O[C@@]12C[C@@H](C(=O)O)N(C(=O)O)[C@@H]1ON=C1C(Cl)=CC(C)C=C12. The topological polar surface area (TPSA) is 135 Å². The first-order valence-electron chi connectivity index (χ1n) is 9.15. The Morgan fingerprint density at radius 1 is 1.38 bits per heavy atom. The van der Waals surface area contributed by atoms with Gasteiger partial charge in [0, 0.05) is 12.0 Å². The van der Waals surface area contributed by atoms with Gasteiger partial charge in [-0.2, -0.15) is 0 Å². The second kappa shape index (κ2) is 7.94. The Labute approximate surface area is 171 Å². The molecule has 4 atom stereocenters. The highest BCUT2D eigenvalue weighted by molar-refractivity contribution is 6.47. The molecule has 1 unspecified atom stereocenters. The smallest absolute Gasteiger partial charge is 0.480 e. The Balaban J connectivity index is 2.06. The van der Waals surface area contributed by atoms with E-state index >= 15 is 0 Å². The third-order valence-corrected chi connectivity index (χ3v) is 5.30. The summed E-state index contributed by atoms with van der Waals surface area (Å²) in [5.41, 5.74) is -1.29. The van der Waals surface area contributed by atoms with E-state index in [-0.39, 0.29) is 29.7 Å². The predicted octanol–water partition coefficient (Wildman–Crippen LogP) is 2.93.